The van der Waals surface area contributed by atoms with E-state index in [1.807, 2.05) is 37.3 Å². The average molecular weight is 355 g/mol. The number of aromatic amines is 1. The largest absolute Gasteiger partial charge is 0.476 e. The van der Waals surface area contributed by atoms with E-state index in [1.165, 1.54) is 0 Å². The van der Waals surface area contributed by atoms with Crippen LogP contribution in [0.4, 0.5) is 10.6 Å². The van der Waals surface area contributed by atoms with Gasteiger partial charge in [-0.1, -0.05) is 30.3 Å². The average Bonchev–Trinajstić information content (AvgIpc) is 3.05. The Morgan fingerprint density at radius 1 is 1.35 bits per heavy atom. The third-order valence-electron chi connectivity index (χ3n) is 3.84. The molecule has 8 heteroatoms. The highest BCUT2D eigenvalue weighted by atomic mass is 16.5. The number of nitrogens with one attached hydrogen (secondary N) is 3. The van der Waals surface area contributed by atoms with Gasteiger partial charge in [-0.25, -0.2) is 9.78 Å². The SMILES string of the molecule is C[C@@H](NC(=O)Nc1cc2[nH]nc(OCCCO)c2cn1)c1ccccc1. The first-order valence-electron chi connectivity index (χ1n) is 8.37. The third kappa shape index (κ3) is 4.28. The molecule has 0 spiro atoms. The highest BCUT2D eigenvalue weighted by Gasteiger charge is 2.12. The molecular weight excluding hydrogens is 334 g/mol. The number of H-pyrrole nitrogens is 1. The van der Waals surface area contributed by atoms with Gasteiger partial charge in [0.2, 0.25) is 5.88 Å². The molecule has 0 aliphatic carbocycles. The summed E-state index contributed by atoms with van der Waals surface area (Å²) in [5, 5.41) is 22.0. The lowest BCUT2D eigenvalue weighted by molar-refractivity contribution is 0.230. The van der Waals surface area contributed by atoms with Crippen LogP contribution in [-0.2, 0) is 0 Å². The van der Waals surface area contributed by atoms with Crippen molar-refractivity contribution in [1.82, 2.24) is 20.5 Å². The van der Waals surface area contributed by atoms with Gasteiger partial charge in [0.05, 0.1) is 23.6 Å². The van der Waals surface area contributed by atoms with Crippen molar-refractivity contribution < 1.29 is 14.6 Å². The molecule has 26 heavy (non-hydrogen) atoms. The van der Waals surface area contributed by atoms with Gasteiger partial charge in [0.15, 0.2) is 0 Å². The van der Waals surface area contributed by atoms with Gasteiger partial charge in [-0.05, 0) is 12.5 Å². The summed E-state index contributed by atoms with van der Waals surface area (Å²) in [6.07, 6.45) is 2.12. The Balaban J connectivity index is 1.62. The molecule has 0 unspecified atom stereocenters. The van der Waals surface area contributed by atoms with Crippen LogP contribution in [0.1, 0.15) is 24.9 Å². The van der Waals surface area contributed by atoms with Crippen molar-refractivity contribution in [3.63, 3.8) is 0 Å². The smallest absolute Gasteiger partial charge is 0.320 e. The minimum atomic E-state index is -0.341. The lowest BCUT2D eigenvalue weighted by Crippen LogP contribution is -2.31. The number of nitrogens with zero attached hydrogens (tertiary/aromatic N) is 2. The van der Waals surface area contributed by atoms with Crippen molar-refractivity contribution in [1.29, 1.82) is 0 Å². The number of hydrogen-bond acceptors (Lipinski definition) is 5. The summed E-state index contributed by atoms with van der Waals surface area (Å²) in [5.74, 6) is 0.829. The topological polar surface area (TPSA) is 112 Å². The number of pyridine rings is 1. The molecule has 0 saturated heterocycles. The molecule has 3 aromatic rings. The summed E-state index contributed by atoms with van der Waals surface area (Å²) in [5.41, 5.74) is 1.72. The Kier molecular flexibility index (Phi) is 5.65. The predicted molar refractivity (Wildman–Crippen MR) is 98.1 cm³/mol. The van der Waals surface area contributed by atoms with Crippen LogP contribution in [0.25, 0.3) is 10.9 Å². The summed E-state index contributed by atoms with van der Waals surface area (Å²) in [6, 6.07) is 10.9. The predicted octanol–water partition coefficient (Wildman–Crippen LogP) is 2.60. The van der Waals surface area contributed by atoms with Crippen LogP contribution in [0.2, 0.25) is 0 Å². The highest BCUT2D eigenvalue weighted by Crippen LogP contribution is 2.23. The summed E-state index contributed by atoms with van der Waals surface area (Å²) in [4.78, 5) is 16.4. The van der Waals surface area contributed by atoms with Gasteiger partial charge >= 0.3 is 6.03 Å². The molecule has 136 valence electrons. The number of carbonyl (C=O) groups excluding carboxylic acids is 1. The number of aliphatic hydroxyl groups excluding tert-OH is 1. The molecule has 3 rings (SSSR count). The van der Waals surface area contributed by atoms with E-state index in [4.69, 9.17) is 9.84 Å². The van der Waals surface area contributed by atoms with Gasteiger partial charge in [0.1, 0.15) is 5.82 Å². The van der Waals surface area contributed by atoms with E-state index in [1.54, 1.807) is 12.3 Å². The monoisotopic (exact) mass is 355 g/mol. The number of ether oxygens (including phenoxy) is 1. The Morgan fingerprint density at radius 2 is 2.15 bits per heavy atom. The highest BCUT2D eigenvalue weighted by molar-refractivity contribution is 5.92. The molecule has 8 nitrogen and oxygen atoms in total. The second-order valence-corrected chi connectivity index (χ2v) is 5.80. The quantitative estimate of drug-likeness (QED) is 0.487. The third-order valence-corrected chi connectivity index (χ3v) is 3.84. The molecule has 2 aromatic heterocycles. The number of aliphatic hydroxyl groups is 1. The fraction of sp³-hybridized carbons (Fsp3) is 0.278. The van der Waals surface area contributed by atoms with Crippen LogP contribution < -0.4 is 15.4 Å². The first-order chi connectivity index (χ1) is 12.7. The summed E-state index contributed by atoms with van der Waals surface area (Å²) < 4.78 is 5.48. The lowest BCUT2D eigenvalue weighted by atomic mass is 10.1. The standard InChI is InChI=1S/C18H21N5O3/c1-12(13-6-3-2-4-7-13)20-18(25)21-16-10-15-14(11-19-16)17(23-22-15)26-9-5-8-24/h2-4,6-7,10-12,24H,5,8-9H2,1H3,(H,22,23)(H2,19,20,21,25)/t12-/m1/s1. The van der Waals surface area contributed by atoms with E-state index in [0.717, 1.165) is 5.56 Å². The number of amides is 2. The maximum atomic E-state index is 12.2. The van der Waals surface area contributed by atoms with Crippen LogP contribution in [0.3, 0.4) is 0 Å². The number of fused-ring (bicyclic) bond motifs is 1. The van der Waals surface area contributed by atoms with Gasteiger partial charge in [-0.15, -0.1) is 5.10 Å². The fourth-order valence-electron chi connectivity index (χ4n) is 2.48. The second-order valence-electron chi connectivity index (χ2n) is 5.80. The zero-order valence-corrected chi connectivity index (χ0v) is 14.4. The van der Waals surface area contributed by atoms with E-state index in [9.17, 15) is 4.79 Å². The van der Waals surface area contributed by atoms with E-state index >= 15 is 0 Å². The number of anilines is 1. The lowest BCUT2D eigenvalue weighted by Gasteiger charge is -2.14. The van der Waals surface area contributed by atoms with E-state index in [0.29, 0.717) is 35.6 Å². The number of carbonyl (C=O) groups is 1. The molecule has 0 bridgehead atoms. The molecule has 0 saturated carbocycles. The molecule has 0 aliphatic rings. The number of urea groups is 1. The van der Waals surface area contributed by atoms with Crippen LogP contribution in [0.5, 0.6) is 5.88 Å². The zero-order valence-electron chi connectivity index (χ0n) is 14.4. The van der Waals surface area contributed by atoms with Gasteiger partial charge in [-0.3, -0.25) is 10.4 Å². The van der Waals surface area contributed by atoms with E-state index in [-0.39, 0.29) is 18.7 Å². The van der Waals surface area contributed by atoms with Gasteiger partial charge in [-0.2, -0.15) is 0 Å². The van der Waals surface area contributed by atoms with Crippen molar-refractivity contribution >= 4 is 22.8 Å². The normalized spacial score (nSPS) is 11.9. The van der Waals surface area contributed by atoms with Gasteiger partial charge in [0.25, 0.3) is 0 Å². The molecule has 2 amide bonds. The maximum Gasteiger partial charge on any atom is 0.320 e. The molecule has 1 atom stereocenters. The Hall–Kier alpha value is -3.13. The second kappa shape index (κ2) is 8.30. The van der Waals surface area contributed by atoms with Crippen LogP contribution in [0.15, 0.2) is 42.6 Å². The molecule has 0 radical (unpaired) electrons. The molecule has 2 heterocycles. The number of benzene rings is 1. The Bertz CT molecular complexity index is 866. The minimum absolute atomic E-state index is 0.0607. The molecule has 4 N–H and O–H groups in total. The van der Waals surface area contributed by atoms with Crippen LogP contribution in [0, 0.1) is 0 Å². The van der Waals surface area contributed by atoms with Crippen molar-refractivity contribution in [2.75, 3.05) is 18.5 Å². The molecule has 0 aliphatic heterocycles. The molecule has 1 aromatic carbocycles. The number of aromatic nitrogens is 3. The maximum absolute atomic E-state index is 12.2. The molecule has 0 fully saturated rings. The number of rotatable bonds is 7. The van der Waals surface area contributed by atoms with Gasteiger partial charge < -0.3 is 15.2 Å². The van der Waals surface area contributed by atoms with Crippen molar-refractivity contribution in [3.8, 4) is 5.88 Å². The van der Waals surface area contributed by atoms with Crippen LogP contribution in [-0.4, -0.2) is 39.5 Å². The van der Waals surface area contributed by atoms with Crippen molar-refractivity contribution in [2.24, 2.45) is 0 Å². The Morgan fingerprint density at radius 3 is 2.92 bits per heavy atom. The Labute approximate surface area is 150 Å². The minimum Gasteiger partial charge on any atom is -0.476 e. The first kappa shape index (κ1) is 17.7. The van der Waals surface area contributed by atoms with Gasteiger partial charge in [0, 0.05) is 25.3 Å². The fourth-order valence-corrected chi connectivity index (χ4v) is 2.48. The molecular formula is C18H21N5O3. The van der Waals surface area contributed by atoms with Crippen molar-refractivity contribution in [3.05, 3.63) is 48.2 Å². The summed E-state index contributed by atoms with van der Waals surface area (Å²) in [7, 11) is 0. The van der Waals surface area contributed by atoms with Crippen LogP contribution >= 0.6 is 0 Å². The van der Waals surface area contributed by atoms with E-state index in [2.05, 4.69) is 25.8 Å². The zero-order chi connectivity index (χ0) is 18.4. The summed E-state index contributed by atoms with van der Waals surface area (Å²) in [6.45, 7) is 2.35. The number of hydrogen-bond donors (Lipinski definition) is 4. The van der Waals surface area contributed by atoms with Crippen molar-refractivity contribution in [2.45, 2.75) is 19.4 Å². The summed E-state index contributed by atoms with van der Waals surface area (Å²) >= 11 is 0. The first-order valence-corrected chi connectivity index (χ1v) is 8.37. The van der Waals surface area contributed by atoms with E-state index < -0.39 is 0 Å².